The molecule has 0 aliphatic heterocycles. The van der Waals surface area contributed by atoms with Gasteiger partial charge in [0.15, 0.2) is 11.4 Å². The molecule has 0 atom stereocenters. The van der Waals surface area contributed by atoms with Gasteiger partial charge in [-0.3, -0.25) is 9.59 Å². The number of thiazole rings is 2. The van der Waals surface area contributed by atoms with E-state index in [1.807, 2.05) is 39.0 Å². The number of halogens is 2. The highest BCUT2D eigenvalue weighted by Crippen LogP contribution is 2.12. The topological polar surface area (TPSA) is 60.4 Å². The van der Waals surface area contributed by atoms with E-state index in [2.05, 4.69) is 9.13 Å². The van der Waals surface area contributed by atoms with Gasteiger partial charge in [-0.05, 0) is 0 Å². The van der Waals surface area contributed by atoms with Crippen molar-refractivity contribution in [2.45, 2.75) is 39.5 Å². The first-order chi connectivity index (χ1) is 12.4. The standard InChI is InChI=1S/C18H26N2O4S2.2HI/c1-13-15(25-11-19(13)3)7-9-23-17(21)5-6-18(22)24-10-8-16-14(2)20(4)12-26-16;;/h11-12H,5-10H2,1-4H3;2*1H/q+2;;/p-2. The number of esters is 2. The number of rotatable bonds is 9. The maximum atomic E-state index is 11.7. The molecule has 0 saturated carbocycles. The molecule has 2 aromatic rings. The maximum absolute atomic E-state index is 11.7. The summed E-state index contributed by atoms with van der Waals surface area (Å²) < 4.78 is 14.5. The second-order valence-corrected chi connectivity index (χ2v) is 8.01. The van der Waals surface area contributed by atoms with Crippen LogP contribution in [-0.2, 0) is 46.0 Å². The van der Waals surface area contributed by atoms with Crippen LogP contribution in [0.3, 0.4) is 0 Å². The fraction of sp³-hybridized carbons (Fsp3) is 0.556. The van der Waals surface area contributed by atoms with Crippen LogP contribution in [0, 0.1) is 13.8 Å². The van der Waals surface area contributed by atoms with Crippen LogP contribution in [0.5, 0.6) is 0 Å². The number of hydrogen-bond donors (Lipinski definition) is 0. The summed E-state index contributed by atoms with van der Waals surface area (Å²) in [6, 6.07) is 0. The summed E-state index contributed by atoms with van der Waals surface area (Å²) >= 11 is 3.31. The van der Waals surface area contributed by atoms with Gasteiger partial charge in [0.1, 0.15) is 14.1 Å². The summed E-state index contributed by atoms with van der Waals surface area (Å²) in [4.78, 5) is 25.9. The molecule has 0 unspecified atom stereocenters. The van der Waals surface area contributed by atoms with Crippen LogP contribution >= 0.6 is 22.7 Å². The predicted molar refractivity (Wildman–Crippen MR) is 99.0 cm³/mol. The van der Waals surface area contributed by atoms with Crippen molar-refractivity contribution in [2.75, 3.05) is 13.2 Å². The molecule has 0 bridgehead atoms. The second kappa shape index (κ2) is 13.8. The van der Waals surface area contributed by atoms with Gasteiger partial charge in [-0.2, -0.15) is 9.13 Å². The van der Waals surface area contributed by atoms with E-state index in [0.717, 1.165) is 0 Å². The van der Waals surface area contributed by atoms with Crippen molar-refractivity contribution in [1.82, 2.24) is 0 Å². The monoisotopic (exact) mass is 652 g/mol. The van der Waals surface area contributed by atoms with Crippen LogP contribution in [0.25, 0.3) is 0 Å². The molecule has 0 aliphatic rings. The van der Waals surface area contributed by atoms with Crippen LogP contribution in [0.15, 0.2) is 11.0 Å². The van der Waals surface area contributed by atoms with Gasteiger partial charge < -0.3 is 57.4 Å². The molecule has 158 valence electrons. The third-order valence-electron chi connectivity index (χ3n) is 4.29. The number of aryl methyl sites for hydroxylation is 2. The van der Waals surface area contributed by atoms with Gasteiger partial charge in [0.25, 0.3) is 0 Å². The molecule has 0 saturated heterocycles. The largest absolute Gasteiger partial charge is 1.00 e. The van der Waals surface area contributed by atoms with Crippen molar-refractivity contribution in [1.29, 1.82) is 0 Å². The molecule has 0 amide bonds. The first kappa shape index (κ1) is 27.7. The van der Waals surface area contributed by atoms with Crippen molar-refractivity contribution in [3.63, 3.8) is 0 Å². The molecule has 10 heteroatoms. The SMILES string of the molecule is Cc1c(CCOC(=O)CCC(=O)OCCc2sc[n+](C)c2C)sc[n+]1C.[I-].[I-]. The zero-order valence-corrected chi connectivity index (χ0v) is 22.4. The first-order valence-corrected chi connectivity index (χ1v) is 10.3. The highest BCUT2D eigenvalue weighted by atomic mass is 127. The Labute approximate surface area is 208 Å². The van der Waals surface area contributed by atoms with Gasteiger partial charge in [0.05, 0.1) is 35.8 Å². The number of hydrogen-bond acceptors (Lipinski definition) is 6. The van der Waals surface area contributed by atoms with Crippen molar-refractivity contribution in [3.05, 3.63) is 32.2 Å². The smallest absolute Gasteiger partial charge is 0.306 e. The van der Waals surface area contributed by atoms with E-state index >= 15 is 0 Å². The summed E-state index contributed by atoms with van der Waals surface area (Å²) in [7, 11) is 3.99. The lowest BCUT2D eigenvalue weighted by Gasteiger charge is -2.05. The van der Waals surface area contributed by atoms with E-state index in [0.29, 0.717) is 26.1 Å². The number of carbonyl (C=O) groups is 2. The van der Waals surface area contributed by atoms with Gasteiger partial charge in [-0.25, -0.2) is 0 Å². The minimum Gasteiger partial charge on any atom is -1.00 e. The highest BCUT2D eigenvalue weighted by Gasteiger charge is 2.14. The Kier molecular flexibility index (Phi) is 13.6. The lowest BCUT2D eigenvalue weighted by molar-refractivity contribution is -0.673. The average molecular weight is 652 g/mol. The molecular formula is C18H26I2N2O4S2. The molecule has 0 spiro atoms. The van der Waals surface area contributed by atoms with Crippen LogP contribution in [0.1, 0.15) is 34.0 Å². The number of nitrogens with zero attached hydrogens (tertiary/aromatic N) is 2. The van der Waals surface area contributed by atoms with Crippen molar-refractivity contribution in [3.8, 4) is 0 Å². The summed E-state index contributed by atoms with van der Waals surface area (Å²) in [6.07, 6.45) is 1.52. The van der Waals surface area contributed by atoms with E-state index < -0.39 is 0 Å². The Morgan fingerprint density at radius 3 is 1.46 bits per heavy atom. The van der Waals surface area contributed by atoms with Crippen molar-refractivity contribution < 1.29 is 76.2 Å². The van der Waals surface area contributed by atoms with Gasteiger partial charge in [0.2, 0.25) is 11.0 Å². The van der Waals surface area contributed by atoms with E-state index in [4.69, 9.17) is 9.47 Å². The predicted octanol–water partition coefficient (Wildman–Crippen LogP) is -4.26. The zero-order chi connectivity index (χ0) is 19.1. The van der Waals surface area contributed by atoms with Gasteiger partial charge in [-0.1, -0.05) is 22.7 Å². The molecule has 0 aliphatic carbocycles. The molecule has 28 heavy (non-hydrogen) atoms. The Hall–Kier alpha value is -0.340. The Morgan fingerprint density at radius 2 is 1.18 bits per heavy atom. The fourth-order valence-electron chi connectivity index (χ4n) is 2.35. The third-order valence-corrected chi connectivity index (χ3v) is 6.70. The number of aromatic nitrogens is 2. The molecule has 0 fully saturated rings. The minimum absolute atomic E-state index is 0. The number of ether oxygens (including phenoxy) is 2. The Bertz CT molecular complexity index is 713. The molecule has 2 heterocycles. The molecule has 0 radical (unpaired) electrons. The van der Waals surface area contributed by atoms with E-state index in [1.165, 1.54) is 21.1 Å². The van der Waals surface area contributed by atoms with E-state index in [-0.39, 0.29) is 72.7 Å². The van der Waals surface area contributed by atoms with Crippen LogP contribution in [0.2, 0.25) is 0 Å². The normalized spacial score (nSPS) is 10.0. The summed E-state index contributed by atoms with van der Waals surface area (Å²) in [6.45, 7) is 4.76. The van der Waals surface area contributed by atoms with Crippen LogP contribution < -0.4 is 57.1 Å². The third kappa shape index (κ3) is 8.57. The van der Waals surface area contributed by atoms with Crippen molar-refractivity contribution >= 4 is 34.6 Å². The first-order valence-electron chi connectivity index (χ1n) is 8.55. The summed E-state index contributed by atoms with van der Waals surface area (Å²) in [5.41, 5.74) is 6.42. The van der Waals surface area contributed by atoms with Crippen LogP contribution in [-0.4, -0.2) is 25.2 Å². The molecule has 0 aromatic carbocycles. The quantitative estimate of drug-likeness (QED) is 0.157. The summed E-state index contributed by atoms with van der Waals surface area (Å²) in [5, 5.41) is 0. The second-order valence-electron chi connectivity index (χ2n) is 6.13. The van der Waals surface area contributed by atoms with E-state index in [1.54, 1.807) is 22.7 Å². The van der Waals surface area contributed by atoms with Crippen molar-refractivity contribution in [2.24, 2.45) is 14.1 Å². The Balaban J connectivity index is 0.00000364. The molecular weight excluding hydrogens is 626 g/mol. The lowest BCUT2D eigenvalue weighted by atomic mass is 10.3. The average Bonchev–Trinajstić information content (AvgIpc) is 3.10. The van der Waals surface area contributed by atoms with Crippen LogP contribution in [0.4, 0.5) is 0 Å². The minimum atomic E-state index is -0.360. The fourth-order valence-corrected chi connectivity index (χ4v) is 4.27. The Morgan fingerprint density at radius 1 is 0.821 bits per heavy atom. The van der Waals surface area contributed by atoms with E-state index in [9.17, 15) is 9.59 Å². The lowest BCUT2D eigenvalue weighted by Crippen LogP contribution is -3.00. The molecule has 2 rings (SSSR count). The molecule has 2 aromatic heterocycles. The number of carbonyl (C=O) groups excluding carboxylic acids is 2. The molecule has 0 N–H and O–H groups in total. The molecule has 6 nitrogen and oxygen atoms in total. The van der Waals surface area contributed by atoms with Gasteiger partial charge in [0, 0.05) is 26.7 Å². The zero-order valence-electron chi connectivity index (χ0n) is 16.5. The van der Waals surface area contributed by atoms with Gasteiger partial charge in [-0.15, -0.1) is 0 Å². The van der Waals surface area contributed by atoms with Gasteiger partial charge >= 0.3 is 11.9 Å². The summed E-state index contributed by atoms with van der Waals surface area (Å²) in [5.74, 6) is -0.719. The maximum Gasteiger partial charge on any atom is 0.306 e. The highest BCUT2D eigenvalue weighted by molar-refractivity contribution is 7.09.